The Kier molecular flexibility index (Phi) is 3.60. The summed E-state index contributed by atoms with van der Waals surface area (Å²) < 4.78 is 0. The Morgan fingerprint density at radius 2 is 1.18 bits per heavy atom. The van der Waals surface area contributed by atoms with Crippen LogP contribution in [0.1, 0.15) is 23.6 Å². The highest BCUT2D eigenvalue weighted by molar-refractivity contribution is 5.54. The van der Waals surface area contributed by atoms with Gasteiger partial charge in [0.25, 0.3) is 0 Å². The predicted molar refractivity (Wildman–Crippen MR) is 88.2 cm³/mol. The number of phenols is 2. The van der Waals surface area contributed by atoms with Crippen molar-refractivity contribution in [3.63, 3.8) is 0 Å². The van der Waals surface area contributed by atoms with Crippen molar-refractivity contribution in [3.05, 3.63) is 95.6 Å². The number of phenolic OH excluding ortho intramolecular Hbond substituents is 2. The lowest BCUT2D eigenvalue weighted by molar-refractivity contribution is 0.457. The molecule has 0 aliphatic carbocycles. The van der Waals surface area contributed by atoms with Crippen LogP contribution in [0.5, 0.6) is 11.5 Å². The third-order valence-electron chi connectivity index (χ3n) is 4.24. The van der Waals surface area contributed by atoms with E-state index in [2.05, 4.69) is 19.1 Å². The fourth-order valence-electron chi connectivity index (χ4n) is 2.94. The highest BCUT2D eigenvalue weighted by Crippen LogP contribution is 2.42. The van der Waals surface area contributed by atoms with Gasteiger partial charge in [0, 0.05) is 11.0 Å². The molecular weight excluding hydrogens is 272 g/mol. The van der Waals surface area contributed by atoms with Crippen molar-refractivity contribution in [1.29, 1.82) is 0 Å². The molecule has 3 aromatic rings. The summed E-state index contributed by atoms with van der Waals surface area (Å²) in [6.07, 6.45) is 0. The summed E-state index contributed by atoms with van der Waals surface area (Å²) in [5, 5.41) is 19.9. The summed E-state index contributed by atoms with van der Waals surface area (Å²) in [6, 6.07) is 24.6. The van der Waals surface area contributed by atoms with Crippen LogP contribution >= 0.6 is 0 Å². The second-order valence-corrected chi connectivity index (χ2v) is 5.56. The first-order valence-electron chi connectivity index (χ1n) is 7.26. The molecule has 2 N–H and O–H groups in total. The van der Waals surface area contributed by atoms with E-state index in [9.17, 15) is 10.2 Å². The molecule has 0 saturated heterocycles. The summed E-state index contributed by atoms with van der Waals surface area (Å²) in [5.74, 6) is 0.498. The Labute approximate surface area is 130 Å². The molecule has 0 aliphatic rings. The Morgan fingerprint density at radius 3 is 1.82 bits per heavy atom. The van der Waals surface area contributed by atoms with E-state index in [1.165, 1.54) is 0 Å². The first kappa shape index (κ1) is 14.2. The molecule has 110 valence electrons. The van der Waals surface area contributed by atoms with Crippen LogP contribution in [0.2, 0.25) is 0 Å². The molecule has 3 aromatic carbocycles. The van der Waals surface area contributed by atoms with Gasteiger partial charge < -0.3 is 10.2 Å². The number of benzene rings is 3. The van der Waals surface area contributed by atoms with E-state index >= 15 is 0 Å². The summed E-state index contributed by atoms with van der Waals surface area (Å²) in [6.45, 7) is 2.09. The topological polar surface area (TPSA) is 40.5 Å². The van der Waals surface area contributed by atoms with Crippen molar-refractivity contribution in [1.82, 2.24) is 0 Å². The second-order valence-electron chi connectivity index (χ2n) is 5.56. The number of rotatable bonds is 3. The van der Waals surface area contributed by atoms with Crippen LogP contribution in [0.4, 0.5) is 0 Å². The molecule has 2 heteroatoms. The average molecular weight is 290 g/mol. The largest absolute Gasteiger partial charge is 0.508 e. The molecule has 0 spiro atoms. The summed E-state index contributed by atoms with van der Waals surface area (Å²) in [5.41, 5.74) is 2.44. The van der Waals surface area contributed by atoms with Gasteiger partial charge in [0.1, 0.15) is 11.5 Å². The lowest BCUT2D eigenvalue weighted by Gasteiger charge is -2.32. The summed E-state index contributed by atoms with van der Waals surface area (Å²) in [7, 11) is 0. The predicted octanol–water partition coefficient (Wildman–Crippen LogP) is 4.45. The van der Waals surface area contributed by atoms with Gasteiger partial charge >= 0.3 is 0 Å². The zero-order chi connectivity index (χ0) is 15.6. The first-order valence-corrected chi connectivity index (χ1v) is 7.26. The van der Waals surface area contributed by atoms with E-state index in [0.29, 0.717) is 0 Å². The van der Waals surface area contributed by atoms with E-state index in [-0.39, 0.29) is 11.5 Å². The maximum Gasteiger partial charge on any atom is 0.120 e. The molecule has 0 heterocycles. The Bertz CT molecular complexity index is 763. The summed E-state index contributed by atoms with van der Waals surface area (Å²) >= 11 is 0. The highest BCUT2D eigenvalue weighted by Gasteiger charge is 2.33. The van der Waals surface area contributed by atoms with Gasteiger partial charge in [-0.1, -0.05) is 60.7 Å². The van der Waals surface area contributed by atoms with Crippen LogP contribution in [0.15, 0.2) is 78.9 Å². The van der Waals surface area contributed by atoms with Crippen LogP contribution in [-0.2, 0) is 5.41 Å². The van der Waals surface area contributed by atoms with Crippen molar-refractivity contribution in [3.8, 4) is 11.5 Å². The minimum Gasteiger partial charge on any atom is -0.508 e. The molecule has 0 aliphatic heterocycles. The fraction of sp³-hybridized carbons (Fsp3) is 0.100. The second kappa shape index (κ2) is 5.57. The van der Waals surface area contributed by atoms with Crippen molar-refractivity contribution in [2.24, 2.45) is 0 Å². The molecule has 0 fully saturated rings. The SMILES string of the molecule is CC(c1ccccc1)(c1ccc(O)cc1)c1ccccc1O. The van der Waals surface area contributed by atoms with E-state index in [1.54, 1.807) is 18.2 Å². The smallest absolute Gasteiger partial charge is 0.120 e. The van der Waals surface area contributed by atoms with Gasteiger partial charge in [0.15, 0.2) is 0 Å². The van der Waals surface area contributed by atoms with Gasteiger partial charge in [0.2, 0.25) is 0 Å². The average Bonchev–Trinajstić information content (AvgIpc) is 2.56. The monoisotopic (exact) mass is 290 g/mol. The molecule has 0 radical (unpaired) electrons. The molecule has 1 unspecified atom stereocenters. The third-order valence-corrected chi connectivity index (χ3v) is 4.24. The molecule has 0 aromatic heterocycles. The number of hydrogen-bond acceptors (Lipinski definition) is 2. The van der Waals surface area contributed by atoms with E-state index in [4.69, 9.17) is 0 Å². The van der Waals surface area contributed by atoms with Crippen molar-refractivity contribution < 1.29 is 10.2 Å². The van der Waals surface area contributed by atoms with E-state index < -0.39 is 5.41 Å². The zero-order valence-corrected chi connectivity index (χ0v) is 12.4. The zero-order valence-electron chi connectivity index (χ0n) is 12.4. The lowest BCUT2D eigenvalue weighted by Crippen LogP contribution is -2.25. The van der Waals surface area contributed by atoms with Crippen molar-refractivity contribution in [2.45, 2.75) is 12.3 Å². The Hall–Kier alpha value is -2.74. The maximum absolute atomic E-state index is 10.4. The van der Waals surface area contributed by atoms with Gasteiger partial charge in [0.05, 0.1) is 0 Å². The van der Waals surface area contributed by atoms with Crippen LogP contribution in [-0.4, -0.2) is 10.2 Å². The van der Waals surface area contributed by atoms with E-state index in [1.807, 2.05) is 48.5 Å². The van der Waals surface area contributed by atoms with Crippen molar-refractivity contribution >= 4 is 0 Å². The first-order chi connectivity index (χ1) is 10.6. The summed E-state index contributed by atoms with van der Waals surface area (Å²) in [4.78, 5) is 0. The quantitative estimate of drug-likeness (QED) is 0.699. The van der Waals surface area contributed by atoms with Crippen LogP contribution in [0.3, 0.4) is 0 Å². The maximum atomic E-state index is 10.4. The standard InChI is InChI=1S/C20H18O2/c1-20(15-7-3-2-4-8-15,16-11-13-17(21)14-12-16)18-9-5-6-10-19(18)22/h2-14,21-22H,1H3. The lowest BCUT2D eigenvalue weighted by atomic mass is 9.71. The van der Waals surface area contributed by atoms with Gasteiger partial charge in [-0.2, -0.15) is 0 Å². The highest BCUT2D eigenvalue weighted by atomic mass is 16.3. The fourth-order valence-corrected chi connectivity index (χ4v) is 2.94. The minimum atomic E-state index is -0.500. The van der Waals surface area contributed by atoms with Gasteiger partial charge in [-0.05, 0) is 36.2 Å². The van der Waals surface area contributed by atoms with Crippen molar-refractivity contribution in [2.75, 3.05) is 0 Å². The molecule has 2 nitrogen and oxygen atoms in total. The van der Waals surface area contributed by atoms with Gasteiger partial charge in [-0.15, -0.1) is 0 Å². The Morgan fingerprint density at radius 1 is 0.636 bits per heavy atom. The number of para-hydroxylation sites is 1. The van der Waals surface area contributed by atoms with Crippen LogP contribution in [0.25, 0.3) is 0 Å². The molecule has 0 saturated carbocycles. The molecular formula is C20H18O2. The molecule has 22 heavy (non-hydrogen) atoms. The normalized spacial score (nSPS) is 13.5. The Balaban J connectivity index is 2.27. The van der Waals surface area contributed by atoms with Crippen LogP contribution < -0.4 is 0 Å². The van der Waals surface area contributed by atoms with Gasteiger partial charge in [-0.25, -0.2) is 0 Å². The third kappa shape index (κ3) is 2.33. The number of aromatic hydroxyl groups is 2. The molecule has 0 bridgehead atoms. The van der Waals surface area contributed by atoms with Gasteiger partial charge in [-0.3, -0.25) is 0 Å². The van der Waals surface area contributed by atoms with E-state index in [0.717, 1.165) is 16.7 Å². The molecule has 0 amide bonds. The molecule has 1 atom stereocenters. The van der Waals surface area contributed by atoms with Crippen LogP contribution in [0, 0.1) is 0 Å². The number of hydrogen-bond donors (Lipinski definition) is 2. The molecule has 3 rings (SSSR count). The minimum absolute atomic E-state index is 0.233.